The van der Waals surface area contributed by atoms with Gasteiger partial charge in [-0.2, -0.15) is 0 Å². The largest absolute Gasteiger partial charge is 0.492 e. The molecule has 0 radical (unpaired) electrons. The molecule has 1 fully saturated rings. The van der Waals surface area contributed by atoms with Gasteiger partial charge < -0.3 is 29.7 Å². The maximum Gasteiger partial charge on any atom is 0.407 e. The van der Waals surface area contributed by atoms with E-state index in [1.807, 2.05) is 0 Å². The van der Waals surface area contributed by atoms with Crippen LogP contribution < -0.4 is 14.2 Å². The van der Waals surface area contributed by atoms with E-state index >= 15 is 0 Å². The number of nitro groups is 1. The molecule has 0 heterocycles. The average Bonchev–Trinajstić information content (AvgIpc) is 3.07. The van der Waals surface area contributed by atoms with Crippen LogP contribution in [0.15, 0.2) is 66.7 Å². The minimum atomic E-state index is -3.95. The second kappa shape index (κ2) is 16.9. The van der Waals surface area contributed by atoms with Crippen LogP contribution in [0.5, 0.6) is 11.5 Å². The third-order valence-electron chi connectivity index (χ3n) is 7.86. The Hall–Kier alpha value is -4.73. The van der Waals surface area contributed by atoms with Crippen LogP contribution in [-0.4, -0.2) is 83.7 Å². The Labute approximate surface area is 278 Å². The number of nitrogens with one attached hydrogen (secondary N) is 1. The number of carboxylic acid groups (broad SMARTS) is 1. The topological polar surface area (TPSA) is 206 Å². The van der Waals surface area contributed by atoms with Crippen molar-refractivity contribution in [1.29, 1.82) is 0 Å². The molecule has 15 heteroatoms. The number of rotatable bonds is 16. The lowest BCUT2D eigenvalue weighted by molar-refractivity contribution is -0.384. The molecule has 4 rings (SSSR count). The quantitative estimate of drug-likeness (QED) is 0.122. The predicted octanol–water partition coefficient (Wildman–Crippen LogP) is 4.51. The van der Waals surface area contributed by atoms with Crippen molar-refractivity contribution >= 4 is 27.7 Å². The van der Waals surface area contributed by atoms with Crippen LogP contribution in [0.3, 0.4) is 0 Å². The summed E-state index contributed by atoms with van der Waals surface area (Å²) in [6.07, 6.45) is 2.16. The lowest BCUT2D eigenvalue weighted by Crippen LogP contribution is -2.36. The van der Waals surface area contributed by atoms with E-state index in [4.69, 9.17) is 14.6 Å². The van der Waals surface area contributed by atoms with Crippen LogP contribution in [-0.2, 0) is 10.0 Å². The molecule has 1 aliphatic carbocycles. The normalized spacial score (nSPS) is 14.1. The van der Waals surface area contributed by atoms with Crippen molar-refractivity contribution < 1.29 is 47.7 Å². The number of hydrogen-bond acceptors (Lipinski definition) is 10. The van der Waals surface area contributed by atoms with Crippen LogP contribution in [0.4, 0.5) is 10.5 Å². The van der Waals surface area contributed by atoms with Gasteiger partial charge in [0, 0.05) is 18.7 Å². The molecular weight excluding hydrogens is 646 g/mol. The van der Waals surface area contributed by atoms with Crippen LogP contribution in [0.25, 0.3) is 11.1 Å². The Morgan fingerprint density at radius 1 is 1.00 bits per heavy atom. The first kappa shape index (κ1) is 36.1. The minimum Gasteiger partial charge on any atom is -0.492 e. The van der Waals surface area contributed by atoms with Gasteiger partial charge in [-0.15, -0.1) is 0 Å². The van der Waals surface area contributed by atoms with Crippen molar-refractivity contribution in [2.75, 3.05) is 32.1 Å². The van der Waals surface area contributed by atoms with E-state index < -0.39 is 33.1 Å². The van der Waals surface area contributed by atoms with E-state index in [0.29, 0.717) is 16.9 Å². The van der Waals surface area contributed by atoms with Crippen molar-refractivity contribution in [2.24, 2.45) is 0 Å². The highest BCUT2D eigenvalue weighted by Gasteiger charge is 2.23. The number of ether oxygens (including phenoxy) is 2. The summed E-state index contributed by atoms with van der Waals surface area (Å²) in [5.41, 5.74) is 1.75. The summed E-state index contributed by atoms with van der Waals surface area (Å²) >= 11 is 0. The van der Waals surface area contributed by atoms with Crippen molar-refractivity contribution in [3.05, 3.63) is 88.0 Å². The smallest absolute Gasteiger partial charge is 0.407 e. The standard InChI is InChI=1S/C33H39N3O11S/c37-18-4-20-48(44,45)34-32(39)29-16-11-25(21-31(29)47-28-5-2-1-3-6-28)23-9-14-27(15-10-23)46-19-17-35(33(40)41)22-30(38)24-7-12-26(13-8-24)36(42)43/h7-16,21,28,30,37-38H,1-6,17-20,22H2,(H,34,39)(H,40,41)/t30-/m1/s1. The number of carbonyl (C=O) groups excluding carboxylic acids is 1. The summed E-state index contributed by atoms with van der Waals surface area (Å²) in [5.74, 6) is -0.481. The van der Waals surface area contributed by atoms with Crippen molar-refractivity contribution in [1.82, 2.24) is 9.62 Å². The van der Waals surface area contributed by atoms with Gasteiger partial charge in [0.1, 0.15) is 18.1 Å². The molecule has 0 bridgehead atoms. The van der Waals surface area contributed by atoms with Crippen LogP contribution in [0, 0.1) is 10.1 Å². The summed E-state index contributed by atoms with van der Waals surface area (Å²) < 4.78 is 38.7. The SMILES string of the molecule is O=C(NS(=O)(=O)CCCO)c1ccc(-c2ccc(OCCN(C[C@@H](O)c3ccc([N+](=O)[O-])cc3)C(=O)O)cc2)cc1OC1CCCCC1. The van der Waals surface area contributed by atoms with Crippen molar-refractivity contribution in [3.63, 3.8) is 0 Å². The number of amides is 2. The Bertz CT molecular complexity index is 1660. The highest BCUT2D eigenvalue weighted by molar-refractivity contribution is 7.90. The number of aliphatic hydroxyl groups is 2. The molecule has 3 aromatic rings. The van der Waals surface area contributed by atoms with Crippen LogP contribution >= 0.6 is 0 Å². The molecule has 258 valence electrons. The van der Waals surface area contributed by atoms with E-state index in [1.54, 1.807) is 36.4 Å². The zero-order chi connectivity index (χ0) is 34.7. The third-order valence-corrected chi connectivity index (χ3v) is 9.18. The van der Waals surface area contributed by atoms with Gasteiger partial charge in [0.05, 0.1) is 41.5 Å². The van der Waals surface area contributed by atoms with Gasteiger partial charge in [-0.1, -0.05) is 24.6 Å². The molecule has 0 spiro atoms. The summed E-state index contributed by atoms with van der Waals surface area (Å²) in [6, 6.07) is 17.1. The molecule has 14 nitrogen and oxygen atoms in total. The first-order valence-corrected chi connectivity index (χ1v) is 17.2. The molecule has 3 aromatic carbocycles. The fourth-order valence-corrected chi connectivity index (χ4v) is 6.27. The molecule has 0 aliphatic heterocycles. The molecule has 48 heavy (non-hydrogen) atoms. The molecule has 1 atom stereocenters. The number of carbonyl (C=O) groups is 2. The predicted molar refractivity (Wildman–Crippen MR) is 175 cm³/mol. The van der Waals surface area contributed by atoms with E-state index in [0.717, 1.165) is 42.6 Å². The summed E-state index contributed by atoms with van der Waals surface area (Å²) in [5, 5.41) is 39.9. The van der Waals surface area contributed by atoms with Crippen LogP contribution in [0.1, 0.15) is 60.6 Å². The minimum absolute atomic E-state index is 0.00207. The van der Waals surface area contributed by atoms with Crippen molar-refractivity contribution in [3.8, 4) is 22.6 Å². The van der Waals surface area contributed by atoms with Gasteiger partial charge in [-0.25, -0.2) is 17.9 Å². The molecule has 0 unspecified atom stereocenters. The van der Waals surface area contributed by atoms with E-state index in [-0.39, 0.29) is 61.6 Å². The molecular formula is C33H39N3O11S. The third kappa shape index (κ3) is 10.4. The maximum atomic E-state index is 13.0. The van der Waals surface area contributed by atoms with Crippen molar-refractivity contribution in [2.45, 2.75) is 50.7 Å². The zero-order valence-electron chi connectivity index (χ0n) is 26.2. The second-order valence-electron chi connectivity index (χ2n) is 11.4. The number of aliphatic hydroxyl groups excluding tert-OH is 2. The number of hydrogen-bond donors (Lipinski definition) is 4. The number of nitro benzene ring substituents is 1. The highest BCUT2D eigenvalue weighted by Crippen LogP contribution is 2.32. The fourth-order valence-electron chi connectivity index (χ4n) is 5.27. The highest BCUT2D eigenvalue weighted by atomic mass is 32.2. The first-order valence-electron chi connectivity index (χ1n) is 15.6. The van der Waals surface area contributed by atoms with Gasteiger partial charge in [0.25, 0.3) is 11.6 Å². The van der Waals surface area contributed by atoms with Gasteiger partial charge in [0.2, 0.25) is 10.0 Å². The van der Waals surface area contributed by atoms with Gasteiger partial charge >= 0.3 is 6.09 Å². The molecule has 2 amide bonds. The zero-order valence-corrected chi connectivity index (χ0v) is 27.0. The molecule has 0 aromatic heterocycles. The number of non-ortho nitro benzene ring substituents is 1. The average molecular weight is 686 g/mol. The number of benzene rings is 3. The maximum absolute atomic E-state index is 13.0. The van der Waals surface area contributed by atoms with E-state index in [2.05, 4.69) is 4.72 Å². The second-order valence-corrected chi connectivity index (χ2v) is 13.2. The monoisotopic (exact) mass is 685 g/mol. The Kier molecular flexibility index (Phi) is 12.7. The number of nitrogens with zero attached hydrogens (tertiary/aromatic N) is 2. The lowest BCUT2D eigenvalue weighted by Gasteiger charge is -2.24. The van der Waals surface area contributed by atoms with Crippen LogP contribution in [0.2, 0.25) is 0 Å². The molecule has 0 saturated heterocycles. The Morgan fingerprint density at radius 3 is 2.29 bits per heavy atom. The summed E-state index contributed by atoms with van der Waals surface area (Å²) in [4.78, 5) is 36.1. The fraction of sp³-hybridized carbons (Fsp3) is 0.394. The first-order chi connectivity index (χ1) is 23.0. The van der Waals surface area contributed by atoms with Gasteiger partial charge in [-0.3, -0.25) is 14.9 Å². The molecule has 1 saturated carbocycles. The Morgan fingerprint density at radius 2 is 1.67 bits per heavy atom. The van der Waals surface area contributed by atoms with E-state index in [9.17, 15) is 38.3 Å². The summed E-state index contributed by atoms with van der Waals surface area (Å²) in [7, 11) is -3.95. The molecule has 4 N–H and O–H groups in total. The Balaban J connectivity index is 1.41. The number of sulfonamides is 1. The summed E-state index contributed by atoms with van der Waals surface area (Å²) in [6.45, 7) is -0.644. The lowest BCUT2D eigenvalue weighted by atomic mass is 9.97. The van der Waals surface area contributed by atoms with Gasteiger partial charge in [0.15, 0.2) is 0 Å². The molecule has 1 aliphatic rings. The van der Waals surface area contributed by atoms with Gasteiger partial charge in [-0.05, 0) is 85.2 Å². The van der Waals surface area contributed by atoms with E-state index in [1.165, 1.54) is 30.3 Å².